The number of furan rings is 1. The highest BCUT2D eigenvalue weighted by Crippen LogP contribution is 2.28. The van der Waals surface area contributed by atoms with Gasteiger partial charge in [-0.15, -0.1) is 0 Å². The summed E-state index contributed by atoms with van der Waals surface area (Å²) in [6.07, 6.45) is 2.10. The molecule has 3 aromatic rings. The van der Waals surface area contributed by atoms with Crippen LogP contribution in [-0.2, 0) is 16.7 Å². The van der Waals surface area contributed by atoms with Crippen LogP contribution in [0.15, 0.2) is 70.2 Å². The van der Waals surface area contributed by atoms with E-state index in [2.05, 4.69) is 0 Å². The number of para-hydroxylation sites is 1. The molecule has 32 heavy (non-hydrogen) atoms. The molecule has 0 spiro atoms. The molecule has 9 heteroatoms. The lowest BCUT2D eigenvalue weighted by molar-refractivity contribution is 0.0638. The van der Waals surface area contributed by atoms with Crippen molar-refractivity contribution in [2.45, 2.75) is 37.8 Å². The maximum atomic E-state index is 14.0. The van der Waals surface area contributed by atoms with Crippen molar-refractivity contribution in [3.63, 3.8) is 0 Å². The largest absolute Gasteiger partial charge is 0.494 e. The van der Waals surface area contributed by atoms with Crippen LogP contribution in [0.4, 0.5) is 4.39 Å². The van der Waals surface area contributed by atoms with Crippen molar-refractivity contribution in [3.8, 4) is 11.5 Å². The Hall–Kier alpha value is -3.33. The van der Waals surface area contributed by atoms with Crippen molar-refractivity contribution in [1.82, 2.24) is 4.90 Å². The fraction of sp³-hybridized carbons (Fsp3) is 0.261. The molecular weight excluding hydrogens is 437 g/mol. The average molecular weight is 462 g/mol. The van der Waals surface area contributed by atoms with Crippen molar-refractivity contribution in [3.05, 3.63) is 78.0 Å². The lowest BCUT2D eigenvalue weighted by atomic mass is 10.1. The van der Waals surface area contributed by atoms with E-state index in [0.29, 0.717) is 12.0 Å². The van der Waals surface area contributed by atoms with E-state index in [1.807, 2.05) is 13.8 Å². The van der Waals surface area contributed by atoms with Gasteiger partial charge in [-0.25, -0.2) is 4.39 Å². The van der Waals surface area contributed by atoms with Gasteiger partial charge in [-0.3, -0.25) is 4.79 Å². The van der Waals surface area contributed by atoms with Gasteiger partial charge in [0.05, 0.1) is 19.9 Å². The molecule has 0 aliphatic rings. The molecule has 0 aliphatic carbocycles. The van der Waals surface area contributed by atoms with E-state index in [4.69, 9.17) is 13.3 Å². The fourth-order valence-electron chi connectivity index (χ4n) is 3.06. The fourth-order valence-corrected chi connectivity index (χ4v) is 4.04. The number of carbonyl (C=O) groups excluding carboxylic acids is 1. The SMILES string of the molecule is CC[C@@H](C)N(Cc1ccccc1OS(=O)(=O)c1ccc(OC)c(F)c1)C(=O)c1ccco1. The summed E-state index contributed by atoms with van der Waals surface area (Å²) in [7, 11) is -3.04. The summed E-state index contributed by atoms with van der Waals surface area (Å²) in [5.74, 6) is -0.990. The molecule has 1 heterocycles. The van der Waals surface area contributed by atoms with Crippen LogP contribution in [0, 0.1) is 5.82 Å². The first-order valence-electron chi connectivity index (χ1n) is 9.97. The predicted molar refractivity (Wildman–Crippen MR) is 116 cm³/mol. The van der Waals surface area contributed by atoms with Crippen LogP contribution >= 0.6 is 0 Å². The Balaban J connectivity index is 1.90. The summed E-state index contributed by atoms with van der Waals surface area (Å²) in [6.45, 7) is 3.93. The Kier molecular flexibility index (Phi) is 7.19. The molecule has 7 nitrogen and oxygen atoms in total. The molecule has 170 valence electrons. The molecule has 0 fully saturated rings. The van der Waals surface area contributed by atoms with E-state index in [1.165, 1.54) is 31.6 Å². The van der Waals surface area contributed by atoms with E-state index in [0.717, 1.165) is 6.07 Å². The minimum absolute atomic E-state index is 0.0456. The van der Waals surface area contributed by atoms with Gasteiger partial charge in [-0.1, -0.05) is 25.1 Å². The molecule has 3 rings (SSSR count). The van der Waals surface area contributed by atoms with Gasteiger partial charge in [-0.2, -0.15) is 8.42 Å². The van der Waals surface area contributed by atoms with E-state index in [9.17, 15) is 17.6 Å². The maximum absolute atomic E-state index is 14.0. The Morgan fingerprint density at radius 1 is 1.12 bits per heavy atom. The van der Waals surface area contributed by atoms with Gasteiger partial charge in [0, 0.05) is 11.6 Å². The lowest BCUT2D eigenvalue weighted by Crippen LogP contribution is -2.37. The number of amides is 1. The zero-order valence-corrected chi connectivity index (χ0v) is 18.8. The zero-order chi connectivity index (χ0) is 23.3. The molecule has 0 saturated carbocycles. The minimum Gasteiger partial charge on any atom is -0.494 e. The summed E-state index contributed by atoms with van der Waals surface area (Å²) in [6, 6.07) is 12.8. The van der Waals surface area contributed by atoms with E-state index >= 15 is 0 Å². The number of ether oxygens (including phenoxy) is 1. The first-order chi connectivity index (χ1) is 15.3. The Morgan fingerprint density at radius 3 is 2.50 bits per heavy atom. The van der Waals surface area contributed by atoms with Crippen LogP contribution in [0.3, 0.4) is 0 Å². The topological polar surface area (TPSA) is 86.0 Å². The van der Waals surface area contributed by atoms with Crippen molar-refractivity contribution < 1.29 is 30.9 Å². The molecule has 0 radical (unpaired) electrons. The molecule has 0 bridgehead atoms. The van der Waals surface area contributed by atoms with E-state index in [1.54, 1.807) is 35.2 Å². The zero-order valence-electron chi connectivity index (χ0n) is 17.9. The molecule has 2 aromatic carbocycles. The number of carbonyl (C=O) groups is 1. The Morgan fingerprint density at radius 2 is 1.88 bits per heavy atom. The van der Waals surface area contributed by atoms with Gasteiger partial charge >= 0.3 is 10.1 Å². The summed E-state index contributed by atoms with van der Waals surface area (Å²) in [4.78, 5) is 14.2. The van der Waals surface area contributed by atoms with E-state index < -0.39 is 15.9 Å². The van der Waals surface area contributed by atoms with Gasteiger partial charge in [0.15, 0.2) is 17.3 Å². The van der Waals surface area contributed by atoms with Crippen LogP contribution in [0.1, 0.15) is 36.4 Å². The summed E-state index contributed by atoms with van der Waals surface area (Å²) in [5.41, 5.74) is 0.477. The van der Waals surface area contributed by atoms with Crippen LogP contribution in [-0.4, -0.2) is 32.4 Å². The van der Waals surface area contributed by atoms with Crippen molar-refractivity contribution in [2.75, 3.05) is 7.11 Å². The second-order valence-corrected chi connectivity index (χ2v) is 8.66. The summed E-state index contributed by atoms with van der Waals surface area (Å²) < 4.78 is 55.0. The Labute approximate surface area is 186 Å². The molecule has 1 amide bonds. The second-order valence-electron chi connectivity index (χ2n) is 7.11. The number of hydrogen-bond acceptors (Lipinski definition) is 6. The highest BCUT2D eigenvalue weighted by atomic mass is 32.2. The van der Waals surface area contributed by atoms with Gasteiger partial charge in [-0.05, 0) is 49.7 Å². The third kappa shape index (κ3) is 5.11. The molecular formula is C23H24FNO6S. The van der Waals surface area contributed by atoms with Crippen LogP contribution in [0.5, 0.6) is 11.5 Å². The maximum Gasteiger partial charge on any atom is 0.339 e. The quantitative estimate of drug-likeness (QED) is 0.432. The van der Waals surface area contributed by atoms with Crippen molar-refractivity contribution >= 4 is 16.0 Å². The van der Waals surface area contributed by atoms with Gasteiger partial charge in [0.25, 0.3) is 5.91 Å². The van der Waals surface area contributed by atoms with Crippen molar-refractivity contribution in [2.24, 2.45) is 0 Å². The van der Waals surface area contributed by atoms with Gasteiger partial charge in [0.1, 0.15) is 10.6 Å². The normalized spacial score (nSPS) is 12.2. The molecule has 0 aliphatic heterocycles. The number of halogens is 1. The lowest BCUT2D eigenvalue weighted by Gasteiger charge is -2.28. The van der Waals surface area contributed by atoms with Gasteiger partial charge < -0.3 is 18.2 Å². The van der Waals surface area contributed by atoms with Crippen LogP contribution in [0.2, 0.25) is 0 Å². The minimum atomic E-state index is -4.33. The third-order valence-electron chi connectivity index (χ3n) is 5.04. The summed E-state index contributed by atoms with van der Waals surface area (Å²) in [5, 5.41) is 0. The molecule has 1 aromatic heterocycles. The number of methoxy groups -OCH3 is 1. The van der Waals surface area contributed by atoms with Crippen LogP contribution in [0.25, 0.3) is 0 Å². The van der Waals surface area contributed by atoms with Gasteiger partial charge in [0.2, 0.25) is 0 Å². The first-order valence-corrected chi connectivity index (χ1v) is 11.4. The Bertz CT molecular complexity index is 1180. The standard InChI is InChI=1S/C23H24FNO6S/c1-4-16(2)25(23(26)22-10-7-13-30-22)15-17-8-5-6-9-20(17)31-32(27,28)18-11-12-21(29-3)19(24)14-18/h5-14,16H,4,15H2,1-3H3/t16-/m1/s1. The monoisotopic (exact) mass is 461 g/mol. The highest BCUT2D eigenvalue weighted by molar-refractivity contribution is 7.87. The highest BCUT2D eigenvalue weighted by Gasteiger charge is 2.26. The summed E-state index contributed by atoms with van der Waals surface area (Å²) >= 11 is 0. The van der Waals surface area contributed by atoms with E-state index in [-0.39, 0.29) is 40.6 Å². The number of nitrogens with zero attached hydrogens (tertiary/aromatic N) is 1. The number of hydrogen-bond donors (Lipinski definition) is 0. The number of rotatable bonds is 9. The molecule has 0 saturated heterocycles. The molecule has 0 unspecified atom stereocenters. The smallest absolute Gasteiger partial charge is 0.339 e. The predicted octanol–water partition coefficient (Wildman–Crippen LogP) is 4.64. The van der Waals surface area contributed by atoms with Crippen LogP contribution < -0.4 is 8.92 Å². The first kappa shape index (κ1) is 23.3. The van der Waals surface area contributed by atoms with Crippen molar-refractivity contribution in [1.29, 1.82) is 0 Å². The number of benzene rings is 2. The molecule has 1 atom stereocenters. The average Bonchev–Trinajstić information content (AvgIpc) is 3.32. The second kappa shape index (κ2) is 9.86. The molecule has 0 N–H and O–H groups in total. The third-order valence-corrected chi connectivity index (χ3v) is 6.27.